The summed E-state index contributed by atoms with van der Waals surface area (Å²) in [5, 5.41) is 11.8. The van der Waals surface area contributed by atoms with Crippen molar-refractivity contribution >= 4 is 11.6 Å². The van der Waals surface area contributed by atoms with Gasteiger partial charge in [-0.25, -0.2) is 0 Å². The average molecular weight is 270 g/mol. The van der Waals surface area contributed by atoms with Gasteiger partial charge in [0, 0.05) is 12.2 Å². The molecule has 2 aromatic carbocycles. The van der Waals surface area contributed by atoms with Crippen LogP contribution in [0, 0.1) is 0 Å². The van der Waals surface area contributed by atoms with Crippen LogP contribution in [-0.2, 0) is 11.4 Å². The second-order valence-corrected chi connectivity index (χ2v) is 4.54. The molecule has 1 unspecified atom stereocenters. The third kappa shape index (κ3) is 3.44. The first-order valence-corrected chi connectivity index (χ1v) is 6.50. The molecule has 4 nitrogen and oxygen atoms in total. The van der Waals surface area contributed by atoms with Crippen LogP contribution in [0.4, 0.5) is 5.69 Å². The Hall–Kier alpha value is -2.17. The van der Waals surface area contributed by atoms with Gasteiger partial charge in [-0.05, 0) is 23.3 Å². The quantitative estimate of drug-likeness (QED) is 0.776. The predicted molar refractivity (Wildman–Crippen MR) is 79.2 cm³/mol. The highest BCUT2D eigenvalue weighted by Crippen LogP contribution is 2.17. The normalized spacial score (nSPS) is 11.9. The lowest BCUT2D eigenvalue weighted by Gasteiger charge is -2.15. The number of nitrogens with two attached hydrogens (primary N) is 1. The topological polar surface area (TPSA) is 75.4 Å². The molecule has 4 N–H and O–H groups in total. The van der Waals surface area contributed by atoms with Crippen LogP contribution in [0.1, 0.15) is 17.0 Å². The van der Waals surface area contributed by atoms with Gasteiger partial charge in [-0.1, -0.05) is 42.5 Å². The lowest BCUT2D eigenvalue weighted by Crippen LogP contribution is -2.27. The van der Waals surface area contributed by atoms with Crippen molar-refractivity contribution in [1.82, 2.24) is 0 Å². The van der Waals surface area contributed by atoms with Crippen LogP contribution in [0.15, 0.2) is 54.6 Å². The summed E-state index contributed by atoms with van der Waals surface area (Å²) >= 11 is 0. The van der Waals surface area contributed by atoms with Crippen molar-refractivity contribution in [2.24, 2.45) is 5.73 Å². The predicted octanol–water partition coefficient (Wildman–Crippen LogP) is 1.86. The molecule has 1 atom stereocenters. The molecule has 0 heterocycles. The molecule has 1 amide bonds. The minimum absolute atomic E-state index is 0.0103. The van der Waals surface area contributed by atoms with Crippen LogP contribution in [0.5, 0.6) is 0 Å². The monoisotopic (exact) mass is 270 g/mol. The summed E-state index contributed by atoms with van der Waals surface area (Å²) in [5.74, 6) is -0.496. The molecule has 0 fully saturated rings. The van der Waals surface area contributed by atoms with Gasteiger partial charge in [-0.15, -0.1) is 0 Å². The third-order valence-corrected chi connectivity index (χ3v) is 3.16. The minimum Gasteiger partial charge on any atom is -0.392 e. The van der Waals surface area contributed by atoms with Gasteiger partial charge in [0.15, 0.2) is 0 Å². The first kappa shape index (κ1) is 14.2. The van der Waals surface area contributed by atoms with E-state index >= 15 is 0 Å². The number of nitrogens with one attached hydrogen (secondary N) is 1. The first-order chi connectivity index (χ1) is 9.74. The van der Waals surface area contributed by atoms with E-state index in [0.717, 1.165) is 11.1 Å². The lowest BCUT2D eigenvalue weighted by molar-refractivity contribution is -0.117. The zero-order chi connectivity index (χ0) is 14.4. The number of benzene rings is 2. The Morgan fingerprint density at radius 2 is 1.75 bits per heavy atom. The van der Waals surface area contributed by atoms with E-state index in [1.807, 2.05) is 30.3 Å². The average Bonchev–Trinajstić information content (AvgIpc) is 2.50. The number of amides is 1. The Labute approximate surface area is 118 Å². The van der Waals surface area contributed by atoms with Crippen molar-refractivity contribution in [3.8, 4) is 0 Å². The minimum atomic E-state index is -0.367. The molecule has 0 radical (unpaired) electrons. The number of anilines is 1. The van der Waals surface area contributed by atoms with E-state index in [2.05, 4.69) is 5.32 Å². The first-order valence-electron chi connectivity index (χ1n) is 6.50. The summed E-state index contributed by atoms with van der Waals surface area (Å²) in [7, 11) is 0. The van der Waals surface area contributed by atoms with Crippen molar-refractivity contribution in [2.45, 2.75) is 12.5 Å². The van der Waals surface area contributed by atoms with Crippen molar-refractivity contribution in [1.29, 1.82) is 0 Å². The molecule has 0 aliphatic carbocycles. The zero-order valence-corrected chi connectivity index (χ0v) is 11.1. The van der Waals surface area contributed by atoms with Crippen molar-refractivity contribution in [3.63, 3.8) is 0 Å². The van der Waals surface area contributed by atoms with Gasteiger partial charge in [0.2, 0.25) is 5.91 Å². The maximum Gasteiger partial charge on any atom is 0.233 e. The summed E-state index contributed by atoms with van der Waals surface area (Å²) in [6, 6.07) is 16.6. The van der Waals surface area contributed by atoms with E-state index < -0.39 is 0 Å². The van der Waals surface area contributed by atoms with E-state index in [4.69, 9.17) is 10.8 Å². The van der Waals surface area contributed by atoms with E-state index in [9.17, 15) is 4.79 Å². The second-order valence-electron chi connectivity index (χ2n) is 4.54. The molecule has 0 aliphatic rings. The SMILES string of the molecule is NCC(C(=O)Nc1ccc(CO)cc1)c1ccccc1. The molecular weight excluding hydrogens is 252 g/mol. The van der Waals surface area contributed by atoms with Crippen LogP contribution in [0.3, 0.4) is 0 Å². The maximum atomic E-state index is 12.3. The zero-order valence-electron chi connectivity index (χ0n) is 11.1. The van der Waals surface area contributed by atoms with Crippen LogP contribution in [-0.4, -0.2) is 17.6 Å². The largest absolute Gasteiger partial charge is 0.392 e. The van der Waals surface area contributed by atoms with Gasteiger partial charge in [0.05, 0.1) is 12.5 Å². The third-order valence-electron chi connectivity index (χ3n) is 3.16. The Morgan fingerprint density at radius 3 is 2.30 bits per heavy atom. The van der Waals surface area contributed by atoms with Crippen LogP contribution in [0.25, 0.3) is 0 Å². The molecule has 20 heavy (non-hydrogen) atoms. The van der Waals surface area contributed by atoms with E-state index in [1.54, 1.807) is 24.3 Å². The number of hydrogen-bond donors (Lipinski definition) is 3. The van der Waals surface area contributed by atoms with E-state index in [-0.39, 0.29) is 25.0 Å². The molecule has 0 saturated heterocycles. The number of aliphatic hydroxyl groups excluding tert-OH is 1. The fourth-order valence-corrected chi connectivity index (χ4v) is 2.00. The van der Waals surface area contributed by atoms with Gasteiger partial charge < -0.3 is 16.2 Å². The highest BCUT2D eigenvalue weighted by atomic mass is 16.3. The highest BCUT2D eigenvalue weighted by Gasteiger charge is 2.18. The van der Waals surface area contributed by atoms with Crippen LogP contribution in [0.2, 0.25) is 0 Å². The molecule has 104 valence electrons. The summed E-state index contributed by atoms with van der Waals surface area (Å²) in [6.07, 6.45) is 0. The number of carbonyl (C=O) groups excluding carboxylic acids is 1. The molecule has 0 aromatic heterocycles. The standard InChI is InChI=1S/C16H18N2O2/c17-10-15(13-4-2-1-3-5-13)16(20)18-14-8-6-12(11-19)7-9-14/h1-9,15,19H,10-11,17H2,(H,18,20). The van der Waals surface area contributed by atoms with Crippen molar-refractivity contribution in [2.75, 3.05) is 11.9 Å². The van der Waals surface area contributed by atoms with Gasteiger partial charge >= 0.3 is 0 Å². The molecule has 0 spiro atoms. The highest BCUT2D eigenvalue weighted by molar-refractivity contribution is 5.96. The van der Waals surface area contributed by atoms with Crippen molar-refractivity contribution < 1.29 is 9.90 Å². The fraction of sp³-hybridized carbons (Fsp3) is 0.188. The molecule has 2 rings (SSSR count). The van der Waals surface area contributed by atoms with Gasteiger partial charge in [-0.2, -0.15) is 0 Å². The van der Waals surface area contributed by atoms with Gasteiger partial charge in [0.1, 0.15) is 0 Å². The lowest BCUT2D eigenvalue weighted by atomic mass is 9.98. The number of rotatable bonds is 5. The Morgan fingerprint density at radius 1 is 1.10 bits per heavy atom. The Kier molecular flexibility index (Phi) is 4.87. The smallest absolute Gasteiger partial charge is 0.233 e. The van der Waals surface area contributed by atoms with Gasteiger partial charge in [0.25, 0.3) is 0 Å². The second kappa shape index (κ2) is 6.84. The molecule has 4 heteroatoms. The maximum absolute atomic E-state index is 12.3. The van der Waals surface area contributed by atoms with Gasteiger partial charge in [-0.3, -0.25) is 4.79 Å². The summed E-state index contributed by atoms with van der Waals surface area (Å²) in [4.78, 5) is 12.3. The molecule has 0 bridgehead atoms. The van der Waals surface area contributed by atoms with Crippen molar-refractivity contribution in [3.05, 3.63) is 65.7 Å². The van der Waals surface area contributed by atoms with E-state index in [0.29, 0.717) is 5.69 Å². The summed E-state index contributed by atoms with van der Waals surface area (Å²) in [5.41, 5.74) is 8.12. The number of carbonyl (C=O) groups is 1. The molecule has 0 aliphatic heterocycles. The number of hydrogen-bond acceptors (Lipinski definition) is 3. The molecule has 0 saturated carbocycles. The fourth-order valence-electron chi connectivity index (χ4n) is 2.00. The van der Waals surface area contributed by atoms with Crippen LogP contribution >= 0.6 is 0 Å². The summed E-state index contributed by atoms with van der Waals surface area (Å²) in [6.45, 7) is 0.244. The number of aliphatic hydroxyl groups is 1. The van der Waals surface area contributed by atoms with Crippen LogP contribution < -0.4 is 11.1 Å². The summed E-state index contributed by atoms with van der Waals surface area (Å²) < 4.78 is 0. The Bertz CT molecular complexity index is 552. The molecular formula is C16H18N2O2. The van der Waals surface area contributed by atoms with E-state index in [1.165, 1.54) is 0 Å². The molecule has 2 aromatic rings. The Balaban J connectivity index is 2.09.